The van der Waals surface area contributed by atoms with Gasteiger partial charge in [-0.3, -0.25) is 4.79 Å². The van der Waals surface area contributed by atoms with Crippen molar-refractivity contribution in [3.05, 3.63) is 66.1 Å². The first kappa shape index (κ1) is 20.6. The smallest absolute Gasteiger partial charge is 0.243 e. The molecule has 0 spiro atoms. The zero-order chi connectivity index (χ0) is 21.1. The molecule has 1 aliphatic heterocycles. The molecule has 3 aromatic rings. The zero-order valence-electron chi connectivity index (χ0n) is 16.6. The summed E-state index contributed by atoms with van der Waals surface area (Å²) in [6.07, 6.45) is 3.53. The lowest BCUT2D eigenvalue weighted by Gasteiger charge is -2.22. The average molecular weight is 430 g/mol. The van der Waals surface area contributed by atoms with Crippen LogP contribution in [0.5, 0.6) is 0 Å². The third-order valence-corrected chi connectivity index (χ3v) is 7.45. The maximum atomic E-state index is 13.1. The van der Waals surface area contributed by atoms with E-state index in [0.29, 0.717) is 38.9 Å². The predicted octanol–water partition coefficient (Wildman–Crippen LogP) is 3.16. The molecule has 0 bridgehead atoms. The Labute approximate surface area is 175 Å². The molecule has 0 atom stereocenters. The lowest BCUT2D eigenvalue weighted by atomic mass is 10.1. The number of H-pyrrole nitrogens is 1. The van der Waals surface area contributed by atoms with E-state index in [-0.39, 0.29) is 17.3 Å². The molecule has 2 heterocycles. The number of aryl methyl sites for hydroxylation is 1. The molecule has 1 N–H and O–H groups in total. The van der Waals surface area contributed by atoms with Crippen LogP contribution >= 0.6 is 0 Å². The number of fused-ring (bicyclic) bond motifs is 1. The summed E-state index contributed by atoms with van der Waals surface area (Å²) in [5.74, 6) is -0.446. The van der Waals surface area contributed by atoms with Gasteiger partial charge >= 0.3 is 0 Å². The van der Waals surface area contributed by atoms with Gasteiger partial charge in [0, 0.05) is 49.7 Å². The van der Waals surface area contributed by atoms with Gasteiger partial charge in [-0.05, 0) is 48.7 Å². The Morgan fingerprint density at radius 1 is 1.00 bits per heavy atom. The molecule has 0 saturated carbocycles. The number of amides is 1. The van der Waals surface area contributed by atoms with Crippen LogP contribution in [0.3, 0.4) is 0 Å². The second kappa shape index (κ2) is 8.57. The molecule has 1 aromatic heterocycles. The first-order valence-corrected chi connectivity index (χ1v) is 11.5. The second-order valence-electron chi connectivity index (χ2n) is 7.45. The van der Waals surface area contributed by atoms with Crippen LogP contribution < -0.4 is 0 Å². The number of aromatic amines is 1. The van der Waals surface area contributed by atoms with Gasteiger partial charge in [-0.2, -0.15) is 4.31 Å². The van der Waals surface area contributed by atoms with Crippen molar-refractivity contribution in [1.29, 1.82) is 0 Å². The van der Waals surface area contributed by atoms with Crippen LogP contribution in [0.1, 0.15) is 18.4 Å². The number of hydrogen-bond acceptors (Lipinski definition) is 3. The van der Waals surface area contributed by atoms with Crippen molar-refractivity contribution in [2.75, 3.05) is 26.2 Å². The van der Waals surface area contributed by atoms with Crippen LogP contribution in [0.15, 0.2) is 59.6 Å². The van der Waals surface area contributed by atoms with Crippen molar-refractivity contribution in [2.24, 2.45) is 0 Å². The van der Waals surface area contributed by atoms with Gasteiger partial charge in [-0.1, -0.05) is 18.2 Å². The Morgan fingerprint density at radius 2 is 1.77 bits per heavy atom. The molecular formula is C22H24FN3O3S. The van der Waals surface area contributed by atoms with Gasteiger partial charge in [-0.25, -0.2) is 12.8 Å². The van der Waals surface area contributed by atoms with E-state index in [0.717, 1.165) is 28.6 Å². The topological polar surface area (TPSA) is 73.5 Å². The standard InChI is InChI=1S/C22H24FN3O3S/c23-18-7-9-19(10-8-18)30(28,29)26-13-3-12-25(14-15-26)22(27)11-6-17-16-24-21-5-2-1-4-20(17)21/h1-2,4-5,7-10,16,24H,3,6,11-15H2. The van der Waals surface area contributed by atoms with E-state index in [1.807, 2.05) is 30.5 Å². The molecule has 1 saturated heterocycles. The van der Waals surface area contributed by atoms with Crippen LogP contribution in [0.2, 0.25) is 0 Å². The quantitative estimate of drug-likeness (QED) is 0.677. The summed E-state index contributed by atoms with van der Waals surface area (Å²) in [4.78, 5) is 17.8. The van der Waals surface area contributed by atoms with E-state index >= 15 is 0 Å². The SMILES string of the molecule is O=C(CCc1c[nH]c2ccccc12)N1CCCN(S(=O)(=O)c2ccc(F)cc2)CC1. The average Bonchev–Trinajstić information content (AvgIpc) is 2.98. The van der Waals surface area contributed by atoms with Gasteiger partial charge in [0.25, 0.3) is 0 Å². The lowest BCUT2D eigenvalue weighted by Crippen LogP contribution is -2.37. The number of hydrogen-bond donors (Lipinski definition) is 1. The Bertz CT molecular complexity index is 1140. The van der Waals surface area contributed by atoms with Crippen LogP contribution in [0.25, 0.3) is 10.9 Å². The van der Waals surface area contributed by atoms with Gasteiger partial charge in [0.2, 0.25) is 15.9 Å². The Hall–Kier alpha value is -2.71. The summed E-state index contributed by atoms with van der Waals surface area (Å²) in [5, 5.41) is 1.12. The minimum absolute atomic E-state index is 0.0290. The highest BCUT2D eigenvalue weighted by atomic mass is 32.2. The van der Waals surface area contributed by atoms with E-state index < -0.39 is 15.8 Å². The van der Waals surface area contributed by atoms with Crippen LogP contribution in [0.4, 0.5) is 4.39 Å². The van der Waals surface area contributed by atoms with Crippen molar-refractivity contribution >= 4 is 26.8 Å². The fourth-order valence-corrected chi connectivity index (χ4v) is 5.35. The van der Waals surface area contributed by atoms with E-state index in [1.165, 1.54) is 16.4 Å². The molecule has 1 amide bonds. The normalized spacial score (nSPS) is 16.0. The highest BCUT2D eigenvalue weighted by Gasteiger charge is 2.28. The minimum atomic E-state index is -3.70. The fourth-order valence-electron chi connectivity index (χ4n) is 3.88. The Kier molecular flexibility index (Phi) is 5.87. The molecule has 0 radical (unpaired) electrons. The molecule has 30 heavy (non-hydrogen) atoms. The lowest BCUT2D eigenvalue weighted by molar-refractivity contribution is -0.131. The summed E-state index contributed by atoms with van der Waals surface area (Å²) in [6, 6.07) is 12.8. The first-order valence-electron chi connectivity index (χ1n) is 10.0. The molecule has 4 rings (SSSR count). The minimum Gasteiger partial charge on any atom is -0.361 e. The molecule has 1 fully saturated rings. The van der Waals surface area contributed by atoms with E-state index in [4.69, 9.17) is 0 Å². The Balaban J connectivity index is 1.37. The third-order valence-electron chi connectivity index (χ3n) is 5.54. The summed E-state index contributed by atoms with van der Waals surface area (Å²) >= 11 is 0. The van der Waals surface area contributed by atoms with Crippen molar-refractivity contribution in [3.63, 3.8) is 0 Å². The molecule has 8 heteroatoms. The monoisotopic (exact) mass is 429 g/mol. The summed E-state index contributed by atoms with van der Waals surface area (Å²) in [7, 11) is -3.70. The predicted molar refractivity (Wildman–Crippen MR) is 113 cm³/mol. The highest BCUT2D eigenvalue weighted by molar-refractivity contribution is 7.89. The summed E-state index contributed by atoms with van der Waals surface area (Å²) in [6.45, 7) is 1.46. The number of rotatable bonds is 5. The van der Waals surface area contributed by atoms with Gasteiger partial charge in [0.1, 0.15) is 5.82 Å². The highest BCUT2D eigenvalue weighted by Crippen LogP contribution is 2.21. The Morgan fingerprint density at radius 3 is 2.57 bits per heavy atom. The van der Waals surface area contributed by atoms with Crippen molar-refractivity contribution in [2.45, 2.75) is 24.2 Å². The van der Waals surface area contributed by atoms with Crippen molar-refractivity contribution in [1.82, 2.24) is 14.2 Å². The number of nitrogens with one attached hydrogen (secondary N) is 1. The number of nitrogens with zero attached hydrogens (tertiary/aromatic N) is 2. The molecule has 1 aliphatic rings. The number of halogens is 1. The molecule has 0 unspecified atom stereocenters. The number of sulfonamides is 1. The van der Waals surface area contributed by atoms with Gasteiger partial charge in [0.05, 0.1) is 4.90 Å². The van der Waals surface area contributed by atoms with Crippen LogP contribution in [-0.4, -0.2) is 54.7 Å². The third kappa shape index (κ3) is 4.24. The molecule has 158 valence electrons. The summed E-state index contributed by atoms with van der Waals surface area (Å²) in [5.41, 5.74) is 2.16. The number of benzene rings is 2. The molecule has 6 nitrogen and oxygen atoms in total. The van der Waals surface area contributed by atoms with Crippen molar-refractivity contribution in [3.8, 4) is 0 Å². The fraction of sp³-hybridized carbons (Fsp3) is 0.318. The van der Waals surface area contributed by atoms with Gasteiger partial charge in [-0.15, -0.1) is 0 Å². The molecule has 0 aliphatic carbocycles. The maximum absolute atomic E-state index is 13.1. The van der Waals surface area contributed by atoms with Gasteiger partial charge < -0.3 is 9.88 Å². The number of aromatic nitrogens is 1. The molecular weight excluding hydrogens is 405 g/mol. The largest absolute Gasteiger partial charge is 0.361 e. The van der Waals surface area contributed by atoms with E-state index in [2.05, 4.69) is 4.98 Å². The first-order chi connectivity index (χ1) is 14.4. The maximum Gasteiger partial charge on any atom is 0.243 e. The van der Waals surface area contributed by atoms with Crippen LogP contribution in [-0.2, 0) is 21.2 Å². The zero-order valence-corrected chi connectivity index (χ0v) is 17.4. The van der Waals surface area contributed by atoms with Crippen molar-refractivity contribution < 1.29 is 17.6 Å². The second-order valence-corrected chi connectivity index (χ2v) is 9.39. The number of carbonyl (C=O) groups excluding carboxylic acids is 1. The summed E-state index contributed by atoms with van der Waals surface area (Å²) < 4.78 is 40.2. The number of carbonyl (C=O) groups is 1. The molecule has 2 aromatic carbocycles. The van der Waals surface area contributed by atoms with E-state index in [1.54, 1.807) is 4.90 Å². The van der Waals surface area contributed by atoms with Crippen LogP contribution in [0, 0.1) is 5.82 Å². The van der Waals surface area contributed by atoms with Gasteiger partial charge in [0.15, 0.2) is 0 Å². The number of para-hydroxylation sites is 1. The van der Waals surface area contributed by atoms with E-state index in [9.17, 15) is 17.6 Å².